The monoisotopic (exact) mass is 258 g/mol. The first kappa shape index (κ1) is 12.2. The molecular weight excluding hydrogens is 240 g/mol. The van der Waals surface area contributed by atoms with Gasteiger partial charge in [-0.15, -0.1) is 10.2 Å². The van der Waals surface area contributed by atoms with Gasteiger partial charge in [0.2, 0.25) is 0 Å². The van der Waals surface area contributed by atoms with Gasteiger partial charge < -0.3 is 15.0 Å². The van der Waals surface area contributed by atoms with Crippen molar-refractivity contribution in [1.82, 2.24) is 14.8 Å². The van der Waals surface area contributed by atoms with Crippen LogP contribution in [0.5, 0.6) is 5.75 Å². The van der Waals surface area contributed by atoms with Gasteiger partial charge in [-0.05, 0) is 31.0 Å². The molecule has 0 fully saturated rings. The second-order valence-corrected chi connectivity index (χ2v) is 4.92. The number of rotatable bonds is 3. The molecule has 19 heavy (non-hydrogen) atoms. The van der Waals surface area contributed by atoms with E-state index in [1.807, 2.05) is 24.3 Å². The van der Waals surface area contributed by atoms with Crippen LogP contribution in [0, 0.1) is 5.92 Å². The number of nitrogens with zero attached hydrogens (tertiary/aromatic N) is 3. The molecule has 1 atom stereocenters. The highest BCUT2D eigenvalue weighted by atomic mass is 16.5. The van der Waals surface area contributed by atoms with Crippen LogP contribution in [0.25, 0.3) is 11.4 Å². The lowest BCUT2D eigenvalue weighted by atomic mass is 9.98. The second kappa shape index (κ2) is 5.01. The fraction of sp³-hybridized carbons (Fsp3) is 0.429. The number of fused-ring (bicyclic) bond motifs is 1. The highest BCUT2D eigenvalue weighted by Crippen LogP contribution is 2.27. The molecule has 1 unspecified atom stereocenters. The van der Waals surface area contributed by atoms with Crippen LogP contribution in [0.2, 0.25) is 0 Å². The Labute approximate surface area is 112 Å². The van der Waals surface area contributed by atoms with E-state index in [1.54, 1.807) is 7.11 Å². The molecule has 5 nitrogen and oxygen atoms in total. The molecule has 1 aromatic heterocycles. The largest absolute Gasteiger partial charge is 0.497 e. The molecule has 0 amide bonds. The van der Waals surface area contributed by atoms with Crippen LogP contribution < -0.4 is 10.5 Å². The maximum Gasteiger partial charge on any atom is 0.164 e. The van der Waals surface area contributed by atoms with Gasteiger partial charge in [0.05, 0.1) is 7.11 Å². The highest BCUT2D eigenvalue weighted by molar-refractivity contribution is 5.58. The first-order valence-electron chi connectivity index (χ1n) is 6.58. The minimum absolute atomic E-state index is 0.537. The zero-order valence-corrected chi connectivity index (χ0v) is 11.0. The SMILES string of the molecule is COc1cccc(-c2nnc3n2CCC(CN)C3)c1. The van der Waals surface area contributed by atoms with E-state index in [9.17, 15) is 0 Å². The van der Waals surface area contributed by atoms with Crippen LogP contribution in [-0.2, 0) is 13.0 Å². The normalized spacial score (nSPS) is 18.1. The molecule has 5 heteroatoms. The third-order valence-corrected chi connectivity index (χ3v) is 3.72. The van der Waals surface area contributed by atoms with E-state index in [0.717, 1.165) is 48.9 Å². The van der Waals surface area contributed by atoms with Crippen molar-refractivity contribution < 1.29 is 4.74 Å². The second-order valence-electron chi connectivity index (χ2n) is 4.92. The zero-order valence-electron chi connectivity index (χ0n) is 11.0. The molecule has 3 rings (SSSR count). The minimum Gasteiger partial charge on any atom is -0.497 e. The molecule has 0 radical (unpaired) electrons. The minimum atomic E-state index is 0.537. The van der Waals surface area contributed by atoms with Gasteiger partial charge in [0.25, 0.3) is 0 Å². The topological polar surface area (TPSA) is 66.0 Å². The summed E-state index contributed by atoms with van der Waals surface area (Å²) >= 11 is 0. The quantitative estimate of drug-likeness (QED) is 0.905. The Morgan fingerprint density at radius 2 is 2.32 bits per heavy atom. The molecule has 1 aromatic carbocycles. The van der Waals surface area contributed by atoms with E-state index in [0.29, 0.717) is 5.92 Å². The number of methoxy groups -OCH3 is 1. The Kier molecular flexibility index (Phi) is 3.21. The third kappa shape index (κ3) is 2.21. The standard InChI is InChI=1S/C14H18N4O/c1-19-12-4-2-3-11(8-12)14-17-16-13-7-10(9-15)5-6-18(13)14/h2-4,8,10H,5-7,9,15H2,1H3. The molecule has 1 aliphatic heterocycles. The maximum atomic E-state index is 5.74. The number of ether oxygens (including phenoxy) is 1. The Hall–Kier alpha value is -1.88. The highest BCUT2D eigenvalue weighted by Gasteiger charge is 2.22. The lowest BCUT2D eigenvalue weighted by Gasteiger charge is -2.22. The predicted octanol–water partition coefficient (Wildman–Crippen LogP) is 1.47. The Morgan fingerprint density at radius 1 is 1.42 bits per heavy atom. The van der Waals surface area contributed by atoms with E-state index < -0.39 is 0 Å². The fourth-order valence-corrected chi connectivity index (χ4v) is 2.57. The molecule has 2 aromatic rings. The Morgan fingerprint density at radius 3 is 3.11 bits per heavy atom. The van der Waals surface area contributed by atoms with Gasteiger partial charge in [0.1, 0.15) is 11.6 Å². The average molecular weight is 258 g/mol. The van der Waals surface area contributed by atoms with Crippen molar-refractivity contribution in [1.29, 1.82) is 0 Å². The molecule has 0 bridgehead atoms. The number of nitrogens with two attached hydrogens (primary N) is 1. The summed E-state index contributed by atoms with van der Waals surface area (Å²) in [5, 5.41) is 8.63. The summed E-state index contributed by atoms with van der Waals surface area (Å²) in [6, 6.07) is 7.93. The van der Waals surface area contributed by atoms with Crippen LogP contribution in [0.3, 0.4) is 0 Å². The average Bonchev–Trinajstić information content (AvgIpc) is 2.90. The van der Waals surface area contributed by atoms with E-state index in [4.69, 9.17) is 10.5 Å². The van der Waals surface area contributed by atoms with Gasteiger partial charge in [-0.3, -0.25) is 0 Å². The molecule has 2 N–H and O–H groups in total. The van der Waals surface area contributed by atoms with Crippen molar-refractivity contribution in [2.75, 3.05) is 13.7 Å². The first-order valence-corrected chi connectivity index (χ1v) is 6.58. The summed E-state index contributed by atoms with van der Waals surface area (Å²) in [6.07, 6.45) is 2.02. The van der Waals surface area contributed by atoms with Crippen molar-refractivity contribution in [2.45, 2.75) is 19.4 Å². The molecule has 0 spiro atoms. The van der Waals surface area contributed by atoms with Gasteiger partial charge in [0.15, 0.2) is 5.82 Å². The van der Waals surface area contributed by atoms with Crippen LogP contribution in [-0.4, -0.2) is 28.4 Å². The van der Waals surface area contributed by atoms with Gasteiger partial charge >= 0.3 is 0 Å². The summed E-state index contributed by atoms with van der Waals surface area (Å²) in [5.41, 5.74) is 6.79. The maximum absolute atomic E-state index is 5.74. The molecule has 100 valence electrons. The number of hydrogen-bond acceptors (Lipinski definition) is 4. The summed E-state index contributed by atoms with van der Waals surface area (Å²) in [4.78, 5) is 0. The summed E-state index contributed by atoms with van der Waals surface area (Å²) in [6.45, 7) is 1.66. The zero-order chi connectivity index (χ0) is 13.2. The summed E-state index contributed by atoms with van der Waals surface area (Å²) in [5.74, 6) is 3.34. The van der Waals surface area contributed by atoms with Crippen molar-refractivity contribution in [3.8, 4) is 17.1 Å². The van der Waals surface area contributed by atoms with Gasteiger partial charge in [-0.25, -0.2) is 0 Å². The molecule has 1 aliphatic rings. The summed E-state index contributed by atoms with van der Waals surface area (Å²) < 4.78 is 7.45. The first-order chi connectivity index (χ1) is 9.31. The van der Waals surface area contributed by atoms with E-state index in [-0.39, 0.29) is 0 Å². The number of aromatic nitrogens is 3. The summed E-state index contributed by atoms with van der Waals surface area (Å²) in [7, 11) is 1.67. The predicted molar refractivity (Wildman–Crippen MR) is 72.9 cm³/mol. The lowest BCUT2D eigenvalue weighted by molar-refractivity contribution is 0.391. The van der Waals surface area contributed by atoms with Crippen LogP contribution in [0.1, 0.15) is 12.2 Å². The fourth-order valence-electron chi connectivity index (χ4n) is 2.57. The van der Waals surface area contributed by atoms with Crippen molar-refractivity contribution in [3.63, 3.8) is 0 Å². The van der Waals surface area contributed by atoms with Crippen LogP contribution >= 0.6 is 0 Å². The van der Waals surface area contributed by atoms with Crippen LogP contribution in [0.4, 0.5) is 0 Å². The van der Waals surface area contributed by atoms with E-state index >= 15 is 0 Å². The third-order valence-electron chi connectivity index (χ3n) is 3.72. The Bertz CT molecular complexity index is 579. The lowest BCUT2D eigenvalue weighted by Crippen LogP contribution is -2.25. The van der Waals surface area contributed by atoms with E-state index in [1.165, 1.54) is 0 Å². The number of hydrogen-bond donors (Lipinski definition) is 1. The van der Waals surface area contributed by atoms with Gasteiger partial charge in [-0.2, -0.15) is 0 Å². The van der Waals surface area contributed by atoms with Crippen molar-refractivity contribution in [2.24, 2.45) is 11.7 Å². The molecule has 2 heterocycles. The van der Waals surface area contributed by atoms with Crippen LogP contribution in [0.15, 0.2) is 24.3 Å². The van der Waals surface area contributed by atoms with Crippen molar-refractivity contribution in [3.05, 3.63) is 30.1 Å². The smallest absolute Gasteiger partial charge is 0.164 e. The molecule has 0 saturated heterocycles. The van der Waals surface area contributed by atoms with Crippen molar-refractivity contribution >= 4 is 0 Å². The van der Waals surface area contributed by atoms with E-state index in [2.05, 4.69) is 14.8 Å². The molecular formula is C14H18N4O. The number of benzene rings is 1. The Balaban J connectivity index is 1.96. The van der Waals surface area contributed by atoms with Gasteiger partial charge in [-0.1, -0.05) is 12.1 Å². The molecule has 0 saturated carbocycles. The van der Waals surface area contributed by atoms with Gasteiger partial charge in [0, 0.05) is 18.5 Å². The molecule has 0 aliphatic carbocycles.